The highest BCUT2D eigenvalue weighted by Crippen LogP contribution is 2.20. The zero-order valence-electron chi connectivity index (χ0n) is 8.82. The molecule has 1 fully saturated rings. The van der Waals surface area contributed by atoms with E-state index in [4.69, 9.17) is 16.3 Å². The van der Waals surface area contributed by atoms with Crippen molar-refractivity contribution in [2.75, 3.05) is 24.7 Å². The minimum Gasteiger partial charge on any atom is -0.377 e. The Kier molecular flexibility index (Phi) is 3.44. The number of aromatic nitrogens is 1. The summed E-state index contributed by atoms with van der Waals surface area (Å²) in [6.45, 7) is 4.65. The second-order valence-corrected chi connectivity index (χ2v) is 4.10. The van der Waals surface area contributed by atoms with Crippen LogP contribution >= 0.6 is 11.6 Å². The van der Waals surface area contributed by atoms with Crippen molar-refractivity contribution in [3.05, 3.63) is 23.4 Å². The molecule has 0 bridgehead atoms. The first-order valence-corrected chi connectivity index (χ1v) is 5.65. The predicted molar refractivity (Wildman–Crippen MR) is 61.5 cm³/mol. The molecule has 2 rings (SSSR count). The van der Waals surface area contributed by atoms with Crippen molar-refractivity contribution in [1.82, 2.24) is 4.98 Å². The van der Waals surface area contributed by atoms with Gasteiger partial charge in [-0.3, -0.25) is 0 Å². The Morgan fingerprint density at radius 2 is 2.47 bits per heavy atom. The van der Waals surface area contributed by atoms with Crippen molar-refractivity contribution in [3.63, 3.8) is 0 Å². The van der Waals surface area contributed by atoms with E-state index in [-0.39, 0.29) is 0 Å². The Labute approximate surface area is 95.0 Å². The van der Waals surface area contributed by atoms with Crippen LogP contribution in [-0.2, 0) is 4.74 Å². The smallest absolute Gasteiger partial charge is 0.128 e. The van der Waals surface area contributed by atoms with Crippen LogP contribution in [0.2, 0.25) is 5.02 Å². The van der Waals surface area contributed by atoms with Crippen LogP contribution in [0.4, 0.5) is 5.82 Å². The lowest BCUT2D eigenvalue weighted by Gasteiger charge is -2.35. The normalized spacial score (nSPS) is 21.7. The largest absolute Gasteiger partial charge is 0.377 e. The monoisotopic (exact) mass is 226 g/mol. The van der Waals surface area contributed by atoms with E-state index in [1.54, 1.807) is 6.20 Å². The molecule has 1 saturated heterocycles. The van der Waals surface area contributed by atoms with Gasteiger partial charge in [0.05, 0.1) is 24.3 Å². The summed E-state index contributed by atoms with van der Waals surface area (Å²) in [5.74, 6) is 0.995. The Morgan fingerprint density at radius 3 is 3.13 bits per heavy atom. The highest BCUT2D eigenvalue weighted by Gasteiger charge is 2.22. The molecule has 0 N–H and O–H groups in total. The van der Waals surface area contributed by atoms with Crippen LogP contribution in [-0.4, -0.2) is 30.8 Å². The number of anilines is 1. The Morgan fingerprint density at radius 1 is 1.60 bits per heavy atom. The van der Waals surface area contributed by atoms with E-state index in [9.17, 15) is 0 Å². The third-order valence-corrected chi connectivity index (χ3v) is 2.93. The van der Waals surface area contributed by atoms with Gasteiger partial charge in [-0.2, -0.15) is 0 Å². The van der Waals surface area contributed by atoms with Gasteiger partial charge in [0.15, 0.2) is 0 Å². The molecule has 15 heavy (non-hydrogen) atoms. The molecular weight excluding hydrogens is 212 g/mol. The third kappa shape index (κ3) is 2.41. The number of nitrogens with zero attached hydrogens (tertiary/aromatic N) is 2. The molecule has 0 aliphatic carbocycles. The molecule has 82 valence electrons. The molecule has 2 heterocycles. The maximum Gasteiger partial charge on any atom is 0.128 e. The van der Waals surface area contributed by atoms with E-state index < -0.39 is 0 Å². The van der Waals surface area contributed by atoms with Gasteiger partial charge in [-0.05, 0) is 18.6 Å². The van der Waals surface area contributed by atoms with Gasteiger partial charge >= 0.3 is 0 Å². The molecule has 4 heteroatoms. The van der Waals surface area contributed by atoms with Gasteiger partial charge in [0.2, 0.25) is 0 Å². The average molecular weight is 227 g/mol. The number of hydrogen-bond acceptors (Lipinski definition) is 3. The summed E-state index contributed by atoms with van der Waals surface area (Å²) in [6, 6.07) is 4.29. The minimum absolute atomic E-state index is 0.437. The molecule has 3 nitrogen and oxygen atoms in total. The standard InChI is InChI=1S/C11H15ClN2O/c1-2-10-8-15-6-5-14(10)11-4-3-9(12)7-13-11/h3-4,7,10H,2,5-6,8H2,1H3. The molecule has 1 aliphatic heterocycles. The summed E-state index contributed by atoms with van der Waals surface area (Å²) in [6.07, 6.45) is 2.77. The third-order valence-electron chi connectivity index (χ3n) is 2.70. The first kappa shape index (κ1) is 10.7. The number of pyridine rings is 1. The molecule has 0 amide bonds. The number of halogens is 1. The van der Waals surface area contributed by atoms with E-state index in [0.717, 1.165) is 32.0 Å². The maximum absolute atomic E-state index is 5.82. The van der Waals surface area contributed by atoms with Crippen LogP contribution in [0.15, 0.2) is 18.3 Å². The van der Waals surface area contributed by atoms with Crippen molar-refractivity contribution in [2.45, 2.75) is 19.4 Å². The van der Waals surface area contributed by atoms with Gasteiger partial charge in [0, 0.05) is 12.7 Å². The highest BCUT2D eigenvalue weighted by atomic mass is 35.5. The van der Waals surface area contributed by atoms with Crippen LogP contribution in [0.1, 0.15) is 13.3 Å². The van der Waals surface area contributed by atoms with E-state index in [0.29, 0.717) is 11.1 Å². The number of ether oxygens (including phenoxy) is 1. The molecule has 0 radical (unpaired) electrons. The number of morpholine rings is 1. The van der Waals surface area contributed by atoms with Gasteiger partial charge in [-0.1, -0.05) is 18.5 Å². The molecule has 1 aliphatic rings. The van der Waals surface area contributed by atoms with E-state index in [1.807, 2.05) is 12.1 Å². The first-order valence-electron chi connectivity index (χ1n) is 5.27. The Balaban J connectivity index is 2.16. The predicted octanol–water partition coefficient (Wildman–Crippen LogP) is 2.35. The molecule has 1 aromatic heterocycles. The van der Waals surface area contributed by atoms with Crippen LogP contribution in [0.3, 0.4) is 0 Å². The lowest BCUT2D eigenvalue weighted by atomic mass is 10.2. The highest BCUT2D eigenvalue weighted by molar-refractivity contribution is 6.30. The van der Waals surface area contributed by atoms with E-state index in [1.165, 1.54) is 0 Å². The van der Waals surface area contributed by atoms with Gasteiger partial charge in [0.25, 0.3) is 0 Å². The zero-order chi connectivity index (χ0) is 10.7. The lowest BCUT2D eigenvalue weighted by molar-refractivity contribution is 0.0926. The summed E-state index contributed by atoms with van der Waals surface area (Å²) in [5, 5.41) is 0.681. The maximum atomic E-state index is 5.82. The lowest BCUT2D eigenvalue weighted by Crippen LogP contribution is -2.45. The quantitative estimate of drug-likeness (QED) is 0.774. The topological polar surface area (TPSA) is 25.4 Å². The van der Waals surface area contributed by atoms with E-state index in [2.05, 4.69) is 16.8 Å². The summed E-state index contributed by atoms with van der Waals surface area (Å²) in [5.41, 5.74) is 0. The number of hydrogen-bond donors (Lipinski definition) is 0. The number of rotatable bonds is 2. The molecule has 0 aromatic carbocycles. The van der Waals surface area contributed by atoms with Gasteiger partial charge in [-0.25, -0.2) is 4.98 Å². The second kappa shape index (κ2) is 4.81. The van der Waals surface area contributed by atoms with Crippen molar-refractivity contribution in [1.29, 1.82) is 0 Å². The molecule has 1 atom stereocenters. The van der Waals surface area contributed by atoms with Crippen LogP contribution in [0.25, 0.3) is 0 Å². The van der Waals surface area contributed by atoms with Gasteiger partial charge in [-0.15, -0.1) is 0 Å². The first-order chi connectivity index (χ1) is 7.31. The molecular formula is C11H15ClN2O. The van der Waals surface area contributed by atoms with Crippen LogP contribution < -0.4 is 4.90 Å². The molecule has 1 unspecified atom stereocenters. The summed E-state index contributed by atoms with van der Waals surface area (Å²) < 4.78 is 5.45. The van der Waals surface area contributed by atoms with Crippen LogP contribution in [0, 0.1) is 0 Å². The molecule has 0 saturated carbocycles. The van der Waals surface area contributed by atoms with Crippen molar-refractivity contribution in [3.8, 4) is 0 Å². The molecule has 1 aromatic rings. The summed E-state index contributed by atoms with van der Waals surface area (Å²) >= 11 is 5.82. The van der Waals surface area contributed by atoms with Crippen LogP contribution in [0.5, 0.6) is 0 Å². The fraction of sp³-hybridized carbons (Fsp3) is 0.545. The van der Waals surface area contributed by atoms with Gasteiger partial charge < -0.3 is 9.64 Å². The van der Waals surface area contributed by atoms with E-state index >= 15 is 0 Å². The van der Waals surface area contributed by atoms with Crippen molar-refractivity contribution in [2.24, 2.45) is 0 Å². The summed E-state index contributed by atoms with van der Waals surface area (Å²) in [7, 11) is 0. The average Bonchev–Trinajstić information content (AvgIpc) is 2.30. The second-order valence-electron chi connectivity index (χ2n) is 3.66. The van der Waals surface area contributed by atoms with Crippen molar-refractivity contribution >= 4 is 17.4 Å². The molecule has 0 spiro atoms. The van der Waals surface area contributed by atoms with Gasteiger partial charge in [0.1, 0.15) is 5.82 Å². The minimum atomic E-state index is 0.437. The SMILES string of the molecule is CCC1COCCN1c1ccc(Cl)cn1. The van der Waals surface area contributed by atoms with Crippen molar-refractivity contribution < 1.29 is 4.74 Å². The fourth-order valence-electron chi connectivity index (χ4n) is 1.83. The Hall–Kier alpha value is -0.800. The zero-order valence-corrected chi connectivity index (χ0v) is 9.57. The Bertz CT molecular complexity index is 315. The summed E-state index contributed by atoms with van der Waals surface area (Å²) in [4.78, 5) is 6.63. The fourth-order valence-corrected chi connectivity index (χ4v) is 1.94.